The number of carbonyl (C=O) groups is 1. The molecule has 0 bridgehead atoms. The normalized spacial score (nSPS) is 11.2. The summed E-state index contributed by atoms with van der Waals surface area (Å²) >= 11 is 0. The first-order chi connectivity index (χ1) is 15.3. The van der Waals surface area contributed by atoms with E-state index in [1.807, 2.05) is 0 Å². The van der Waals surface area contributed by atoms with E-state index in [9.17, 15) is 4.79 Å². The Kier molecular flexibility index (Phi) is 26.4. The molecule has 2 N–H and O–H groups in total. The van der Waals surface area contributed by atoms with Gasteiger partial charge < -0.3 is 48.4 Å². The largest absolute Gasteiger partial charge is 0.469 e. The van der Waals surface area contributed by atoms with Crippen LogP contribution in [0.3, 0.4) is 0 Å². The van der Waals surface area contributed by atoms with Gasteiger partial charge in [0.15, 0.2) is 0 Å². The van der Waals surface area contributed by atoms with Gasteiger partial charge in [0.2, 0.25) is 0 Å². The Morgan fingerprint density at radius 2 is 0.742 bits per heavy atom. The Hall–Kier alpha value is -0.890. The molecule has 0 aromatic heterocycles. The first kappa shape index (κ1) is 30.1. The molecule has 31 heavy (non-hydrogen) atoms. The minimum Gasteiger partial charge on any atom is -0.469 e. The third-order valence-electron chi connectivity index (χ3n) is 3.54. The van der Waals surface area contributed by atoms with Gasteiger partial charge >= 0.3 is 5.97 Å². The molecule has 0 spiro atoms. The van der Waals surface area contributed by atoms with E-state index in [4.69, 9.17) is 43.6 Å². The molecular formula is C20H41NO10. The van der Waals surface area contributed by atoms with Gasteiger partial charge in [-0.25, -0.2) is 0 Å². The summed E-state index contributed by atoms with van der Waals surface area (Å²) in [5.41, 5.74) is 5.31. The highest BCUT2D eigenvalue weighted by Crippen LogP contribution is 1.88. The lowest BCUT2D eigenvalue weighted by Crippen LogP contribution is -2.15. The molecule has 0 unspecified atom stereocenters. The van der Waals surface area contributed by atoms with Crippen molar-refractivity contribution in [1.82, 2.24) is 0 Å². The van der Waals surface area contributed by atoms with Crippen LogP contribution < -0.4 is 5.73 Å². The highest BCUT2D eigenvalue weighted by molar-refractivity contribution is 5.69. The maximum atomic E-state index is 10.9. The first-order valence-corrected chi connectivity index (χ1v) is 10.7. The summed E-state index contributed by atoms with van der Waals surface area (Å²) in [7, 11) is 1.35. The molecule has 0 saturated carbocycles. The Bertz CT molecular complexity index is 363. The van der Waals surface area contributed by atoms with Gasteiger partial charge in [-0.05, 0) is 0 Å². The van der Waals surface area contributed by atoms with Crippen molar-refractivity contribution >= 4 is 5.97 Å². The fourth-order valence-corrected chi connectivity index (χ4v) is 1.98. The van der Waals surface area contributed by atoms with Crippen LogP contribution in [0.5, 0.6) is 0 Å². The van der Waals surface area contributed by atoms with E-state index in [1.54, 1.807) is 0 Å². The van der Waals surface area contributed by atoms with Crippen LogP contribution in [0.4, 0.5) is 0 Å². The predicted molar refractivity (Wildman–Crippen MR) is 112 cm³/mol. The van der Waals surface area contributed by atoms with E-state index in [2.05, 4.69) is 4.74 Å². The lowest BCUT2D eigenvalue weighted by atomic mass is 10.5. The Labute approximate surface area is 185 Å². The van der Waals surface area contributed by atoms with E-state index in [0.29, 0.717) is 112 Å². The molecule has 0 atom stereocenters. The van der Waals surface area contributed by atoms with Crippen molar-refractivity contribution in [3.8, 4) is 0 Å². The van der Waals surface area contributed by atoms with Crippen molar-refractivity contribution in [3.63, 3.8) is 0 Å². The average molecular weight is 456 g/mol. The Morgan fingerprint density at radius 1 is 0.484 bits per heavy atom. The fourth-order valence-electron chi connectivity index (χ4n) is 1.98. The van der Waals surface area contributed by atoms with Crippen LogP contribution >= 0.6 is 0 Å². The van der Waals surface area contributed by atoms with Gasteiger partial charge in [0.25, 0.3) is 0 Å². The molecule has 0 heterocycles. The summed E-state index contributed by atoms with van der Waals surface area (Å²) in [6, 6.07) is 0. The zero-order chi connectivity index (χ0) is 22.7. The van der Waals surface area contributed by atoms with Crippen molar-refractivity contribution in [2.45, 2.75) is 6.42 Å². The summed E-state index contributed by atoms with van der Waals surface area (Å²) in [4.78, 5) is 10.9. The molecule has 0 aliphatic carbocycles. The lowest BCUT2D eigenvalue weighted by Gasteiger charge is -2.08. The minimum atomic E-state index is -0.282. The van der Waals surface area contributed by atoms with Crippen LogP contribution in [0.15, 0.2) is 0 Å². The molecule has 11 nitrogen and oxygen atoms in total. The second-order valence-corrected chi connectivity index (χ2v) is 6.01. The highest BCUT2D eigenvalue weighted by atomic mass is 16.6. The number of carbonyl (C=O) groups excluding carboxylic acids is 1. The topological polar surface area (TPSA) is 126 Å². The molecule has 186 valence electrons. The van der Waals surface area contributed by atoms with Crippen molar-refractivity contribution in [2.75, 3.05) is 119 Å². The number of rotatable bonds is 26. The second kappa shape index (κ2) is 27.1. The summed E-state index contributed by atoms with van der Waals surface area (Å²) in [6.07, 6.45) is 0.251. The number of esters is 1. The predicted octanol–water partition coefficient (Wildman–Crippen LogP) is -0.359. The fraction of sp³-hybridized carbons (Fsp3) is 0.950. The monoisotopic (exact) mass is 455 g/mol. The number of hydrogen-bond acceptors (Lipinski definition) is 11. The van der Waals surface area contributed by atoms with E-state index in [0.717, 1.165) is 0 Å². The van der Waals surface area contributed by atoms with E-state index < -0.39 is 0 Å². The van der Waals surface area contributed by atoms with Gasteiger partial charge in [-0.2, -0.15) is 0 Å². The van der Waals surface area contributed by atoms with Gasteiger partial charge in [0.1, 0.15) is 0 Å². The summed E-state index contributed by atoms with van der Waals surface area (Å²) in [5, 5.41) is 0. The molecule has 0 amide bonds. The van der Waals surface area contributed by atoms with Crippen molar-refractivity contribution < 1.29 is 47.4 Å². The van der Waals surface area contributed by atoms with Crippen LogP contribution in [0.25, 0.3) is 0 Å². The average Bonchev–Trinajstić information content (AvgIpc) is 2.78. The van der Waals surface area contributed by atoms with Crippen LogP contribution in [0, 0.1) is 0 Å². The maximum Gasteiger partial charge on any atom is 0.307 e. The van der Waals surface area contributed by atoms with Gasteiger partial charge in [-0.1, -0.05) is 0 Å². The lowest BCUT2D eigenvalue weighted by molar-refractivity contribution is -0.141. The molecule has 0 saturated heterocycles. The number of nitrogens with two attached hydrogens (primary N) is 1. The quantitative estimate of drug-likeness (QED) is 0.136. The molecule has 0 fully saturated rings. The molecule has 0 aromatic rings. The van der Waals surface area contributed by atoms with Gasteiger partial charge in [-0.15, -0.1) is 0 Å². The number of ether oxygens (including phenoxy) is 9. The Balaban J connectivity index is 3.01. The third kappa shape index (κ3) is 27.1. The zero-order valence-corrected chi connectivity index (χ0v) is 18.9. The van der Waals surface area contributed by atoms with Crippen LogP contribution in [-0.2, 0) is 47.4 Å². The van der Waals surface area contributed by atoms with Crippen molar-refractivity contribution in [2.24, 2.45) is 5.73 Å². The number of hydrogen-bond donors (Lipinski definition) is 1. The van der Waals surface area contributed by atoms with Crippen LogP contribution in [-0.4, -0.2) is 125 Å². The minimum absolute atomic E-state index is 0.251. The highest BCUT2D eigenvalue weighted by Gasteiger charge is 1.99. The zero-order valence-electron chi connectivity index (χ0n) is 18.9. The van der Waals surface area contributed by atoms with Crippen molar-refractivity contribution in [3.05, 3.63) is 0 Å². The molecule has 0 aliphatic heterocycles. The molecule has 0 rings (SSSR count). The SMILES string of the molecule is COC(=O)CCOCCOCCOCCOCCOCCOCCOCCOCCN. The van der Waals surface area contributed by atoms with Gasteiger partial charge in [-0.3, -0.25) is 4.79 Å². The molecular weight excluding hydrogens is 414 g/mol. The molecule has 11 heteroatoms. The summed E-state index contributed by atoms with van der Waals surface area (Å²) < 4.78 is 47.2. The van der Waals surface area contributed by atoms with Gasteiger partial charge in [0.05, 0.1) is 119 Å². The van der Waals surface area contributed by atoms with Crippen molar-refractivity contribution in [1.29, 1.82) is 0 Å². The number of methoxy groups -OCH3 is 1. The molecule has 0 aliphatic rings. The Morgan fingerprint density at radius 3 is 1.00 bits per heavy atom. The first-order valence-electron chi connectivity index (χ1n) is 10.7. The van der Waals surface area contributed by atoms with E-state index >= 15 is 0 Å². The maximum absolute atomic E-state index is 10.9. The summed E-state index contributed by atoms with van der Waals surface area (Å²) in [6.45, 7) is 8.50. The standard InChI is InChI=1S/C20H41NO10/c1-23-20(22)2-4-24-6-8-26-10-12-28-14-16-30-18-19-31-17-15-29-13-11-27-9-7-25-5-3-21/h2-19,21H2,1H3. The third-order valence-corrected chi connectivity index (χ3v) is 3.54. The smallest absolute Gasteiger partial charge is 0.307 e. The van der Waals surface area contributed by atoms with Crippen LogP contribution in [0.1, 0.15) is 6.42 Å². The van der Waals surface area contributed by atoms with E-state index in [-0.39, 0.29) is 12.4 Å². The summed E-state index contributed by atoms with van der Waals surface area (Å²) in [5.74, 6) is -0.282. The second-order valence-electron chi connectivity index (χ2n) is 6.01. The molecule has 0 radical (unpaired) electrons. The van der Waals surface area contributed by atoms with E-state index in [1.165, 1.54) is 7.11 Å². The molecule has 0 aromatic carbocycles. The van der Waals surface area contributed by atoms with Gasteiger partial charge in [0, 0.05) is 6.54 Å². The van der Waals surface area contributed by atoms with Crippen LogP contribution in [0.2, 0.25) is 0 Å².